The molecule has 1 heterocycles. The molecule has 6 heteroatoms. The number of carbonyl (C=O) groups is 1. The van der Waals surface area contributed by atoms with Gasteiger partial charge in [0.05, 0.1) is 17.0 Å². The van der Waals surface area contributed by atoms with Crippen molar-refractivity contribution in [1.82, 2.24) is 4.57 Å². The maximum Gasteiger partial charge on any atom is 0.343 e. The van der Waals surface area contributed by atoms with Crippen LogP contribution in [0.15, 0.2) is 97.1 Å². The zero-order chi connectivity index (χ0) is 22.1. The largest absolute Gasteiger partial charge is 0.423 e. The summed E-state index contributed by atoms with van der Waals surface area (Å²) >= 11 is 0. The van der Waals surface area contributed by atoms with Gasteiger partial charge in [0.1, 0.15) is 5.75 Å². The van der Waals surface area contributed by atoms with Crippen molar-refractivity contribution in [2.75, 3.05) is 0 Å². The summed E-state index contributed by atoms with van der Waals surface area (Å²) in [4.78, 5) is 23.0. The van der Waals surface area contributed by atoms with Gasteiger partial charge in [-0.3, -0.25) is 10.1 Å². The number of non-ortho nitro benzene ring substituents is 1. The molecule has 0 saturated carbocycles. The summed E-state index contributed by atoms with van der Waals surface area (Å²) in [6, 6.07) is 29.3. The average Bonchev–Trinajstić information content (AvgIpc) is 3.14. The zero-order valence-electron chi connectivity index (χ0n) is 17.0. The number of benzene rings is 4. The topological polar surface area (TPSA) is 74.4 Å². The number of rotatable bonds is 5. The van der Waals surface area contributed by atoms with Gasteiger partial charge in [0.2, 0.25) is 0 Å². The van der Waals surface area contributed by atoms with Crippen LogP contribution in [-0.2, 0) is 6.54 Å². The van der Waals surface area contributed by atoms with Crippen molar-refractivity contribution in [3.63, 3.8) is 0 Å². The SMILES string of the molecule is O=C(Oc1ccccc1Cn1c2ccccc2c2ccccc21)c1ccc([N+](=O)[O-])cc1. The number of nitrogens with zero attached hydrogens (tertiary/aromatic N) is 2. The molecule has 5 rings (SSSR count). The summed E-state index contributed by atoms with van der Waals surface area (Å²) in [5.74, 6) is -0.104. The van der Waals surface area contributed by atoms with Gasteiger partial charge in [-0.2, -0.15) is 0 Å². The van der Waals surface area contributed by atoms with Crippen LogP contribution in [0.1, 0.15) is 15.9 Å². The molecule has 0 radical (unpaired) electrons. The monoisotopic (exact) mass is 422 g/mol. The lowest BCUT2D eigenvalue weighted by molar-refractivity contribution is -0.384. The first-order valence-corrected chi connectivity index (χ1v) is 10.1. The van der Waals surface area contributed by atoms with Crippen molar-refractivity contribution < 1.29 is 14.5 Å². The summed E-state index contributed by atoms with van der Waals surface area (Å²) in [5.41, 5.74) is 3.24. The van der Waals surface area contributed by atoms with Crippen molar-refractivity contribution in [1.29, 1.82) is 0 Å². The molecular weight excluding hydrogens is 404 g/mol. The van der Waals surface area contributed by atoms with Gasteiger partial charge in [-0.05, 0) is 30.3 Å². The Morgan fingerprint density at radius 2 is 1.34 bits per heavy atom. The van der Waals surface area contributed by atoms with Gasteiger partial charge in [0.25, 0.3) is 5.69 Å². The number of hydrogen-bond acceptors (Lipinski definition) is 4. The normalized spacial score (nSPS) is 11.0. The third-order valence-corrected chi connectivity index (χ3v) is 5.50. The van der Waals surface area contributed by atoms with E-state index in [1.165, 1.54) is 35.0 Å². The highest BCUT2D eigenvalue weighted by atomic mass is 16.6. The van der Waals surface area contributed by atoms with Crippen LogP contribution in [0.2, 0.25) is 0 Å². The first-order chi connectivity index (χ1) is 15.6. The van der Waals surface area contributed by atoms with Crippen molar-refractivity contribution in [2.45, 2.75) is 6.54 Å². The first kappa shape index (κ1) is 19.5. The molecule has 0 amide bonds. The number of hydrogen-bond donors (Lipinski definition) is 0. The van der Waals surface area contributed by atoms with Crippen LogP contribution >= 0.6 is 0 Å². The van der Waals surface area contributed by atoms with Crippen LogP contribution in [0.4, 0.5) is 5.69 Å². The number of carbonyl (C=O) groups excluding carboxylic acids is 1. The summed E-state index contributed by atoms with van der Waals surface area (Å²) in [7, 11) is 0. The predicted octanol–water partition coefficient (Wildman–Crippen LogP) is 5.97. The molecule has 156 valence electrons. The maximum atomic E-state index is 12.7. The molecule has 0 aliphatic rings. The Morgan fingerprint density at radius 1 is 0.781 bits per heavy atom. The lowest BCUT2D eigenvalue weighted by Crippen LogP contribution is -2.11. The fourth-order valence-corrected chi connectivity index (χ4v) is 3.96. The number of aromatic nitrogens is 1. The van der Waals surface area contributed by atoms with Gasteiger partial charge < -0.3 is 9.30 Å². The Kier molecular flexibility index (Phi) is 4.88. The Balaban J connectivity index is 1.49. The van der Waals surface area contributed by atoms with Crippen LogP contribution in [0.25, 0.3) is 21.8 Å². The van der Waals surface area contributed by atoms with Gasteiger partial charge in [0.15, 0.2) is 0 Å². The summed E-state index contributed by atoms with van der Waals surface area (Å²) in [6.45, 7) is 0.526. The second-order valence-corrected chi connectivity index (χ2v) is 7.42. The Hall–Kier alpha value is -4.45. The fraction of sp³-hybridized carbons (Fsp3) is 0.0385. The van der Waals surface area contributed by atoms with Crippen molar-refractivity contribution in [3.8, 4) is 5.75 Å². The minimum atomic E-state index is -0.561. The van der Waals surface area contributed by atoms with E-state index in [1.807, 2.05) is 42.5 Å². The van der Waals surface area contributed by atoms with E-state index in [0.717, 1.165) is 16.6 Å². The van der Waals surface area contributed by atoms with E-state index in [9.17, 15) is 14.9 Å². The third kappa shape index (κ3) is 3.48. The standard InChI is InChI=1S/C26H18N2O4/c29-26(18-13-15-20(16-14-18)28(30)31)32-25-12-6-1-7-19(25)17-27-23-10-4-2-8-21(23)22-9-3-5-11-24(22)27/h1-16H,17H2. The number of fused-ring (bicyclic) bond motifs is 3. The van der Waals surface area contributed by atoms with Crippen LogP contribution < -0.4 is 4.74 Å². The second kappa shape index (κ2) is 8.00. The second-order valence-electron chi connectivity index (χ2n) is 7.42. The minimum absolute atomic E-state index is 0.0756. The zero-order valence-corrected chi connectivity index (χ0v) is 17.0. The quantitative estimate of drug-likeness (QED) is 0.151. The summed E-state index contributed by atoms with van der Waals surface area (Å²) in [6.07, 6.45) is 0. The van der Waals surface area contributed by atoms with Gasteiger partial charge in [-0.1, -0.05) is 54.6 Å². The van der Waals surface area contributed by atoms with Crippen molar-refractivity contribution in [2.24, 2.45) is 0 Å². The van der Waals surface area contributed by atoms with E-state index in [-0.39, 0.29) is 11.3 Å². The molecule has 0 atom stereocenters. The highest BCUT2D eigenvalue weighted by Gasteiger charge is 2.16. The van der Waals surface area contributed by atoms with Crippen LogP contribution in [0, 0.1) is 10.1 Å². The molecule has 0 bridgehead atoms. The van der Waals surface area contributed by atoms with E-state index in [0.29, 0.717) is 12.3 Å². The lowest BCUT2D eigenvalue weighted by Gasteiger charge is -2.13. The minimum Gasteiger partial charge on any atom is -0.423 e. The Labute approximate surface area is 183 Å². The van der Waals surface area contributed by atoms with Crippen molar-refractivity contribution in [3.05, 3.63) is 118 Å². The van der Waals surface area contributed by atoms with E-state index in [2.05, 4.69) is 28.8 Å². The van der Waals surface area contributed by atoms with Crippen molar-refractivity contribution >= 4 is 33.5 Å². The van der Waals surface area contributed by atoms with Crippen LogP contribution in [0.5, 0.6) is 5.75 Å². The predicted molar refractivity (Wildman–Crippen MR) is 123 cm³/mol. The van der Waals surface area contributed by atoms with Gasteiger partial charge in [0, 0.05) is 39.5 Å². The number of para-hydroxylation sites is 3. The first-order valence-electron chi connectivity index (χ1n) is 10.1. The third-order valence-electron chi connectivity index (χ3n) is 5.50. The highest BCUT2D eigenvalue weighted by Crippen LogP contribution is 2.31. The van der Waals surface area contributed by atoms with E-state index >= 15 is 0 Å². The molecule has 6 nitrogen and oxygen atoms in total. The molecule has 0 N–H and O–H groups in total. The van der Waals surface area contributed by atoms with E-state index in [1.54, 1.807) is 6.07 Å². The van der Waals surface area contributed by atoms with Gasteiger partial charge in [-0.15, -0.1) is 0 Å². The number of nitro benzene ring substituents is 1. The number of nitro groups is 1. The molecule has 0 unspecified atom stereocenters. The molecule has 0 aliphatic carbocycles. The fourth-order valence-electron chi connectivity index (χ4n) is 3.96. The lowest BCUT2D eigenvalue weighted by atomic mass is 10.2. The maximum absolute atomic E-state index is 12.7. The molecule has 0 aliphatic heterocycles. The molecule has 0 fully saturated rings. The molecule has 4 aromatic carbocycles. The Morgan fingerprint density at radius 3 is 1.97 bits per heavy atom. The average molecular weight is 422 g/mol. The molecule has 0 saturated heterocycles. The van der Waals surface area contributed by atoms with E-state index < -0.39 is 10.9 Å². The van der Waals surface area contributed by atoms with Crippen LogP contribution in [-0.4, -0.2) is 15.5 Å². The smallest absolute Gasteiger partial charge is 0.343 e. The number of ether oxygens (including phenoxy) is 1. The van der Waals surface area contributed by atoms with Crippen LogP contribution in [0.3, 0.4) is 0 Å². The van der Waals surface area contributed by atoms with Gasteiger partial charge in [-0.25, -0.2) is 4.79 Å². The summed E-state index contributed by atoms with van der Waals surface area (Å²) < 4.78 is 7.89. The molecular formula is C26H18N2O4. The molecule has 1 aromatic heterocycles. The van der Waals surface area contributed by atoms with Gasteiger partial charge >= 0.3 is 5.97 Å². The summed E-state index contributed by atoms with van der Waals surface area (Å²) in [5, 5.41) is 13.2. The highest BCUT2D eigenvalue weighted by molar-refractivity contribution is 6.08. The molecule has 32 heavy (non-hydrogen) atoms. The van der Waals surface area contributed by atoms with E-state index in [4.69, 9.17) is 4.74 Å². The molecule has 0 spiro atoms. The number of esters is 1. The molecule has 5 aromatic rings. The Bertz CT molecular complexity index is 1420.